The van der Waals surface area contributed by atoms with Gasteiger partial charge in [-0.2, -0.15) is 0 Å². The quantitative estimate of drug-likeness (QED) is 0.246. The summed E-state index contributed by atoms with van der Waals surface area (Å²) in [5, 5.41) is 3.92. The molecule has 0 radical (unpaired) electrons. The summed E-state index contributed by atoms with van der Waals surface area (Å²) in [6.07, 6.45) is 0. The molecule has 1 heterocycles. The number of thioether (sulfide) groups is 1. The lowest BCUT2D eigenvalue weighted by atomic mass is 9.70. The van der Waals surface area contributed by atoms with Gasteiger partial charge in [-0.05, 0) is 40.9 Å². The third-order valence-corrected chi connectivity index (χ3v) is 6.59. The number of hydrogen-bond acceptors (Lipinski definition) is 6. The van der Waals surface area contributed by atoms with Crippen molar-refractivity contribution >= 4 is 11.8 Å². The van der Waals surface area contributed by atoms with Crippen LogP contribution in [0.5, 0.6) is 11.5 Å². The van der Waals surface area contributed by atoms with Gasteiger partial charge in [-0.25, -0.2) is 0 Å². The summed E-state index contributed by atoms with van der Waals surface area (Å²) in [5.74, 6) is 2.44. The molecule has 0 saturated carbocycles. The highest BCUT2D eigenvalue weighted by molar-refractivity contribution is 7.99. The number of nitrogens with zero attached hydrogens (tertiary/aromatic N) is 3. The number of ether oxygens (including phenoxy) is 4. The fraction of sp³-hybridized carbons (Fsp3) is 0.429. The molecule has 29 heavy (non-hydrogen) atoms. The largest absolute Gasteiger partial charge is 0.468 e. The van der Waals surface area contributed by atoms with Gasteiger partial charge in [0.25, 0.3) is 0 Å². The first-order chi connectivity index (χ1) is 14.1. The summed E-state index contributed by atoms with van der Waals surface area (Å²) in [5.41, 5.74) is 11.1. The Kier molecular flexibility index (Phi) is 7.28. The van der Waals surface area contributed by atoms with Crippen LogP contribution in [-0.4, -0.2) is 40.1 Å². The molecule has 1 unspecified atom stereocenters. The SMILES string of the molecule is COCOc1ccc([C@@]2(C)CSc3cc(OCOC)ccc3C2CN=[N+]=[N-])cc1. The molecule has 0 aromatic heterocycles. The Balaban J connectivity index is 1.93. The van der Waals surface area contributed by atoms with Crippen LogP contribution in [0.3, 0.4) is 0 Å². The smallest absolute Gasteiger partial charge is 0.188 e. The van der Waals surface area contributed by atoms with E-state index in [9.17, 15) is 0 Å². The zero-order chi connectivity index (χ0) is 20.7. The molecule has 154 valence electrons. The number of fused-ring (bicyclic) bond motifs is 1. The fourth-order valence-corrected chi connectivity index (χ4v) is 4.98. The number of hydrogen-bond donors (Lipinski definition) is 0. The van der Waals surface area contributed by atoms with Gasteiger partial charge in [-0.1, -0.05) is 30.2 Å². The maximum atomic E-state index is 8.94. The molecule has 1 aliphatic rings. The minimum Gasteiger partial charge on any atom is -0.468 e. The van der Waals surface area contributed by atoms with E-state index < -0.39 is 0 Å². The van der Waals surface area contributed by atoms with Crippen molar-refractivity contribution in [3.8, 4) is 11.5 Å². The van der Waals surface area contributed by atoms with Crippen molar-refractivity contribution in [1.29, 1.82) is 0 Å². The van der Waals surface area contributed by atoms with Crippen molar-refractivity contribution < 1.29 is 18.9 Å². The summed E-state index contributed by atoms with van der Waals surface area (Å²) in [7, 11) is 3.19. The van der Waals surface area contributed by atoms with Gasteiger partial charge < -0.3 is 18.9 Å². The standard InChI is InChI=1S/C21H25N3O4S/c1-21(15-4-6-16(7-5-15)27-13-25-2)12-29-20-10-17(28-14-26-3)8-9-18(20)19(21)11-23-24-22/h4-10,19H,11-14H2,1-3H3/t19?,21-/m1/s1. The van der Waals surface area contributed by atoms with Crippen molar-refractivity contribution in [3.63, 3.8) is 0 Å². The molecule has 1 aliphatic heterocycles. The van der Waals surface area contributed by atoms with Gasteiger partial charge in [0.1, 0.15) is 11.5 Å². The zero-order valence-corrected chi connectivity index (χ0v) is 17.6. The topological polar surface area (TPSA) is 85.7 Å². The van der Waals surface area contributed by atoms with Crippen molar-refractivity contribution in [2.45, 2.75) is 23.2 Å². The lowest BCUT2D eigenvalue weighted by Crippen LogP contribution is -2.37. The summed E-state index contributed by atoms with van der Waals surface area (Å²) in [6, 6.07) is 14.1. The molecular formula is C21H25N3O4S. The molecule has 2 atom stereocenters. The number of rotatable bonds is 9. The molecule has 8 heteroatoms. The summed E-state index contributed by atoms with van der Waals surface area (Å²) in [4.78, 5) is 4.16. The molecule has 2 aromatic carbocycles. The maximum Gasteiger partial charge on any atom is 0.188 e. The van der Waals surface area contributed by atoms with Gasteiger partial charge in [0.2, 0.25) is 0 Å². The van der Waals surface area contributed by atoms with Crippen LogP contribution in [-0.2, 0) is 14.9 Å². The number of methoxy groups -OCH3 is 2. The van der Waals surface area contributed by atoms with Crippen LogP contribution >= 0.6 is 11.8 Å². The van der Waals surface area contributed by atoms with Crippen molar-refractivity contribution in [2.24, 2.45) is 5.11 Å². The second-order valence-electron chi connectivity index (χ2n) is 7.00. The first-order valence-electron chi connectivity index (χ1n) is 9.24. The number of azide groups is 1. The van der Waals surface area contributed by atoms with Crippen molar-refractivity contribution in [2.75, 3.05) is 40.1 Å². The third kappa shape index (κ3) is 4.79. The third-order valence-electron chi connectivity index (χ3n) is 5.19. The lowest BCUT2D eigenvalue weighted by molar-refractivity contribution is 0.0508. The van der Waals surface area contributed by atoms with Gasteiger partial charge in [0.15, 0.2) is 13.6 Å². The van der Waals surface area contributed by atoms with Crippen molar-refractivity contribution in [3.05, 3.63) is 64.0 Å². The van der Waals surface area contributed by atoms with Crippen LogP contribution in [0.1, 0.15) is 24.0 Å². The molecule has 0 amide bonds. The van der Waals surface area contributed by atoms with E-state index >= 15 is 0 Å². The van der Waals surface area contributed by atoms with Crippen LogP contribution in [0.2, 0.25) is 0 Å². The Labute approximate surface area is 174 Å². The average Bonchev–Trinajstić information content (AvgIpc) is 2.76. The van der Waals surface area contributed by atoms with Crippen LogP contribution in [0.25, 0.3) is 10.4 Å². The minimum absolute atomic E-state index is 0.0527. The number of benzene rings is 2. The summed E-state index contributed by atoms with van der Waals surface area (Å²) >= 11 is 1.79. The van der Waals surface area contributed by atoms with Crippen LogP contribution in [0.4, 0.5) is 0 Å². The normalized spacial score (nSPS) is 20.4. The van der Waals surface area contributed by atoms with E-state index in [1.807, 2.05) is 24.3 Å². The van der Waals surface area contributed by atoms with E-state index in [1.54, 1.807) is 26.0 Å². The molecule has 7 nitrogen and oxygen atoms in total. The predicted molar refractivity (Wildman–Crippen MR) is 113 cm³/mol. The molecule has 2 aromatic rings. The first kappa shape index (κ1) is 21.3. The van der Waals surface area contributed by atoms with E-state index in [-0.39, 0.29) is 24.9 Å². The Bertz CT molecular complexity index is 871. The molecule has 0 bridgehead atoms. The van der Waals surface area contributed by atoms with E-state index in [1.165, 1.54) is 11.1 Å². The van der Waals surface area contributed by atoms with E-state index in [2.05, 4.69) is 35.1 Å². The summed E-state index contributed by atoms with van der Waals surface area (Å²) in [6.45, 7) is 3.04. The first-order valence-corrected chi connectivity index (χ1v) is 10.2. The molecule has 0 spiro atoms. The van der Waals surface area contributed by atoms with Gasteiger partial charge in [-0.3, -0.25) is 0 Å². The van der Waals surface area contributed by atoms with Crippen molar-refractivity contribution in [1.82, 2.24) is 0 Å². The molecule has 3 rings (SSSR count). The highest BCUT2D eigenvalue weighted by Gasteiger charge is 2.41. The van der Waals surface area contributed by atoms with Gasteiger partial charge in [0, 0.05) is 47.7 Å². The monoisotopic (exact) mass is 415 g/mol. The molecule has 0 N–H and O–H groups in total. The van der Waals surface area contributed by atoms with Gasteiger partial charge >= 0.3 is 0 Å². The summed E-state index contributed by atoms with van der Waals surface area (Å²) < 4.78 is 21.0. The predicted octanol–water partition coefficient (Wildman–Crippen LogP) is 5.11. The Morgan fingerprint density at radius 1 is 1.07 bits per heavy atom. The second kappa shape index (κ2) is 9.89. The van der Waals surface area contributed by atoms with E-state index in [4.69, 9.17) is 24.5 Å². The molecule has 0 saturated heterocycles. The zero-order valence-electron chi connectivity index (χ0n) is 16.8. The van der Waals surface area contributed by atoms with Crippen LogP contribution in [0.15, 0.2) is 52.5 Å². The molecule has 0 aliphatic carbocycles. The highest BCUT2D eigenvalue weighted by atomic mass is 32.2. The van der Waals surface area contributed by atoms with Crippen LogP contribution < -0.4 is 9.47 Å². The fourth-order valence-electron chi connectivity index (χ4n) is 3.58. The Hall–Kier alpha value is -2.38. The van der Waals surface area contributed by atoms with E-state index in [0.29, 0.717) is 6.54 Å². The molecule has 0 fully saturated rings. The van der Waals surface area contributed by atoms with Gasteiger partial charge in [-0.15, -0.1) is 11.8 Å². The average molecular weight is 416 g/mol. The van der Waals surface area contributed by atoms with Crippen LogP contribution in [0, 0.1) is 0 Å². The Morgan fingerprint density at radius 3 is 2.38 bits per heavy atom. The highest BCUT2D eigenvalue weighted by Crippen LogP contribution is 2.51. The lowest BCUT2D eigenvalue weighted by Gasteiger charge is -2.42. The van der Waals surface area contributed by atoms with E-state index in [0.717, 1.165) is 22.1 Å². The molecular weight excluding hydrogens is 390 g/mol. The maximum absolute atomic E-state index is 8.94. The van der Waals surface area contributed by atoms with Gasteiger partial charge in [0.05, 0.1) is 0 Å². The minimum atomic E-state index is -0.194. The Morgan fingerprint density at radius 2 is 1.72 bits per heavy atom. The second-order valence-corrected chi connectivity index (χ2v) is 8.02.